The molecule has 5 atom stereocenters. The third-order valence-corrected chi connectivity index (χ3v) is 12.2. The van der Waals surface area contributed by atoms with Crippen LogP contribution in [-0.4, -0.2) is 83.2 Å². The molecule has 1 saturated heterocycles. The Balaban J connectivity index is 1.40. The molecule has 0 radical (unpaired) electrons. The molecule has 1 aromatic rings. The minimum atomic E-state index is -3.93. The van der Waals surface area contributed by atoms with Crippen molar-refractivity contribution in [2.75, 3.05) is 6.54 Å². The third-order valence-electron chi connectivity index (χ3n) is 10.4. The van der Waals surface area contributed by atoms with Gasteiger partial charge in [-0.25, -0.2) is 17.6 Å². The maximum absolute atomic E-state index is 14.5. The first-order valence-corrected chi connectivity index (χ1v) is 20.6. The van der Waals surface area contributed by atoms with Gasteiger partial charge in [0.05, 0.1) is 36.2 Å². The molecule has 0 bridgehead atoms. The molecule has 5 rings (SSSR count). The number of esters is 1. The number of likely N-dealkylation sites (tertiary alicyclic amines) is 1. The topological polar surface area (TPSA) is 174 Å². The summed E-state index contributed by atoms with van der Waals surface area (Å²) in [6, 6.07) is 3.32. The molecular formula is C41H52FN3O10S. The molecule has 1 aromatic carbocycles. The Labute approximate surface area is 328 Å². The lowest BCUT2D eigenvalue weighted by Gasteiger charge is -2.29. The fraction of sp³-hybridized carbons (Fsp3) is 0.610. The fourth-order valence-electron chi connectivity index (χ4n) is 7.22. The first kappa shape index (κ1) is 42.6. The van der Waals surface area contributed by atoms with Gasteiger partial charge in [-0.3, -0.25) is 33.6 Å². The minimum absolute atomic E-state index is 0.0347. The smallest absolute Gasteiger partial charge is 0.410 e. The molecule has 2 aliphatic carbocycles. The van der Waals surface area contributed by atoms with Gasteiger partial charge in [0.15, 0.2) is 5.78 Å². The van der Waals surface area contributed by atoms with Gasteiger partial charge in [0.1, 0.15) is 17.5 Å². The molecule has 2 heterocycles. The van der Waals surface area contributed by atoms with Crippen molar-refractivity contribution in [1.82, 2.24) is 14.5 Å². The molecule has 4 aliphatic rings. The highest BCUT2D eigenvalue weighted by atomic mass is 32.2. The largest absolute Gasteiger partial charge is 0.460 e. The van der Waals surface area contributed by atoms with Crippen LogP contribution in [0.1, 0.15) is 104 Å². The number of benzene rings is 1. The maximum atomic E-state index is 14.5. The number of hydrogen-bond donors (Lipinski definition) is 1. The van der Waals surface area contributed by atoms with Crippen LogP contribution in [0.3, 0.4) is 0 Å². The number of halogens is 1. The van der Waals surface area contributed by atoms with Gasteiger partial charge >= 0.3 is 12.1 Å². The van der Waals surface area contributed by atoms with E-state index in [0.29, 0.717) is 24.0 Å². The van der Waals surface area contributed by atoms with Gasteiger partial charge in [0, 0.05) is 42.7 Å². The first-order chi connectivity index (χ1) is 26.0. The summed E-state index contributed by atoms with van der Waals surface area (Å²) in [6.07, 6.45) is -0.547. The van der Waals surface area contributed by atoms with Crippen molar-refractivity contribution in [3.63, 3.8) is 0 Å². The number of amides is 3. The predicted octanol–water partition coefficient (Wildman–Crippen LogP) is 4.75. The van der Waals surface area contributed by atoms with Crippen molar-refractivity contribution in [2.24, 2.45) is 22.7 Å². The summed E-state index contributed by atoms with van der Waals surface area (Å²) in [5.74, 6) is 0.176. The van der Waals surface area contributed by atoms with E-state index in [1.165, 1.54) is 21.9 Å². The van der Waals surface area contributed by atoms with Crippen molar-refractivity contribution in [1.29, 1.82) is 0 Å². The monoisotopic (exact) mass is 797 g/mol. The van der Waals surface area contributed by atoms with Gasteiger partial charge in [-0.15, -0.1) is 6.58 Å². The van der Waals surface area contributed by atoms with E-state index in [-0.39, 0.29) is 45.3 Å². The van der Waals surface area contributed by atoms with Crippen molar-refractivity contribution in [3.8, 4) is 11.8 Å². The van der Waals surface area contributed by atoms with Gasteiger partial charge in [-0.1, -0.05) is 24.1 Å². The summed E-state index contributed by atoms with van der Waals surface area (Å²) >= 11 is 0. The van der Waals surface area contributed by atoms with E-state index in [1.807, 2.05) is 20.8 Å². The number of ketones is 2. The van der Waals surface area contributed by atoms with Crippen LogP contribution in [0.5, 0.6) is 0 Å². The number of hydrogen-bond acceptors (Lipinski definition) is 10. The van der Waals surface area contributed by atoms with Crippen LogP contribution in [-0.2, 0) is 56.6 Å². The molecule has 1 N–H and O–H groups in total. The molecule has 2 saturated carbocycles. The van der Waals surface area contributed by atoms with Crippen LogP contribution >= 0.6 is 0 Å². The second-order valence-electron chi connectivity index (χ2n) is 17.5. The van der Waals surface area contributed by atoms with Gasteiger partial charge < -0.3 is 14.4 Å². The summed E-state index contributed by atoms with van der Waals surface area (Å²) in [5, 5.41) is -0.674. The molecule has 3 fully saturated rings. The van der Waals surface area contributed by atoms with Gasteiger partial charge in [0.25, 0.3) is 0 Å². The molecule has 304 valence electrons. The average Bonchev–Trinajstić information content (AvgIpc) is 3.98. The van der Waals surface area contributed by atoms with E-state index < -0.39 is 110 Å². The Morgan fingerprint density at radius 2 is 1.79 bits per heavy atom. The number of ether oxygens (including phenoxy) is 2. The lowest BCUT2D eigenvalue weighted by atomic mass is 9.90. The van der Waals surface area contributed by atoms with Crippen LogP contribution in [0.4, 0.5) is 9.18 Å². The Kier molecular flexibility index (Phi) is 12.2. The standard InChI is InChI=1S/C41H52FN3O10S/c1-8-27-20-41(27,37(50)43-56(52,53)30-14-15-30)21-34(47)33-19-29(54-38(51)44-22-26-10-9-11-32(42)31(26)24-44)23-45(33)36(49)25(18-35(48)55-40(5,6)7)12-13-28(46)16-17-39(2,3)4/h8-11,25,27,29-30,33H,1,12-15,18-24H2,2-7H3,(H,43,50)/t25-,27-,29?,33+,41-/m1/s1. The van der Waals surface area contributed by atoms with Crippen LogP contribution in [0, 0.1) is 40.3 Å². The van der Waals surface area contributed by atoms with E-state index in [0.717, 1.165) is 0 Å². The molecule has 2 aliphatic heterocycles. The first-order valence-electron chi connectivity index (χ1n) is 19.0. The Morgan fingerprint density at radius 3 is 2.38 bits per heavy atom. The lowest BCUT2D eigenvalue weighted by Crippen LogP contribution is -2.46. The van der Waals surface area contributed by atoms with E-state index >= 15 is 0 Å². The highest BCUT2D eigenvalue weighted by Crippen LogP contribution is 2.57. The zero-order valence-corrected chi connectivity index (χ0v) is 33.8. The number of rotatable bonds is 14. The van der Waals surface area contributed by atoms with Gasteiger partial charge in [-0.05, 0) is 90.7 Å². The van der Waals surface area contributed by atoms with E-state index in [4.69, 9.17) is 9.47 Å². The van der Waals surface area contributed by atoms with Gasteiger partial charge in [0.2, 0.25) is 27.6 Å². The summed E-state index contributed by atoms with van der Waals surface area (Å²) in [4.78, 5) is 84.2. The Morgan fingerprint density at radius 1 is 1.09 bits per heavy atom. The zero-order chi connectivity index (χ0) is 41.4. The SMILES string of the molecule is C=C[C@@H]1C[C@]1(CC(=O)[C@@H]1CC(OC(=O)N2Cc3cccc(F)c3C2)CN1C(=O)[C@H](CCC(=O)C#CC(C)(C)C)CC(=O)OC(C)(C)C)C(=O)NS(=O)(=O)C1CC1. The second-order valence-corrected chi connectivity index (χ2v) is 19.4. The minimum Gasteiger partial charge on any atom is -0.460 e. The summed E-state index contributed by atoms with van der Waals surface area (Å²) in [5.41, 5.74) is -1.76. The number of fused-ring (bicyclic) bond motifs is 1. The van der Waals surface area contributed by atoms with Crippen LogP contribution < -0.4 is 4.72 Å². The van der Waals surface area contributed by atoms with Crippen LogP contribution in [0.2, 0.25) is 0 Å². The van der Waals surface area contributed by atoms with Crippen molar-refractivity contribution >= 4 is 45.5 Å². The summed E-state index contributed by atoms with van der Waals surface area (Å²) in [7, 11) is -3.93. The van der Waals surface area contributed by atoms with E-state index in [9.17, 15) is 41.6 Å². The van der Waals surface area contributed by atoms with Crippen molar-refractivity contribution in [3.05, 3.63) is 47.8 Å². The molecule has 15 heteroatoms. The molecule has 1 unspecified atom stereocenters. The number of sulfonamides is 1. The highest BCUT2D eigenvalue weighted by Gasteiger charge is 2.61. The predicted molar refractivity (Wildman–Crippen MR) is 202 cm³/mol. The summed E-state index contributed by atoms with van der Waals surface area (Å²) < 4.78 is 53.4. The third kappa shape index (κ3) is 10.4. The quantitative estimate of drug-likeness (QED) is 0.120. The molecule has 3 amide bonds. The number of nitrogens with one attached hydrogen (secondary N) is 1. The van der Waals surface area contributed by atoms with Crippen molar-refractivity contribution < 1.29 is 51.0 Å². The average molecular weight is 798 g/mol. The fourth-order valence-corrected chi connectivity index (χ4v) is 8.61. The molecule has 13 nitrogen and oxygen atoms in total. The number of Topliss-reactive ketones (excluding diaryl/α,β-unsaturated/α-hetero) is 2. The molecule has 56 heavy (non-hydrogen) atoms. The normalized spacial score (nSPS) is 23.6. The zero-order valence-electron chi connectivity index (χ0n) is 32.9. The van der Waals surface area contributed by atoms with Crippen LogP contribution in [0.15, 0.2) is 30.9 Å². The van der Waals surface area contributed by atoms with E-state index in [1.54, 1.807) is 32.9 Å². The summed E-state index contributed by atoms with van der Waals surface area (Å²) in [6.45, 7) is 14.1. The lowest BCUT2D eigenvalue weighted by molar-refractivity contribution is -0.159. The molecule has 0 aromatic heterocycles. The Bertz CT molecular complexity index is 1970. The maximum Gasteiger partial charge on any atom is 0.410 e. The number of carbonyl (C=O) groups excluding carboxylic acids is 6. The Hall–Kier alpha value is -4.58. The second kappa shape index (κ2) is 16.1. The van der Waals surface area contributed by atoms with E-state index in [2.05, 4.69) is 23.1 Å². The molecular weight excluding hydrogens is 746 g/mol. The van der Waals surface area contributed by atoms with Crippen LogP contribution in [0.25, 0.3) is 0 Å². The number of nitrogens with zero attached hydrogens (tertiary/aromatic N) is 2. The highest BCUT2D eigenvalue weighted by molar-refractivity contribution is 7.90. The van der Waals surface area contributed by atoms with Crippen molar-refractivity contribution in [2.45, 2.75) is 129 Å². The number of allylic oxidation sites excluding steroid dienone is 1. The van der Waals surface area contributed by atoms with Gasteiger partial charge in [-0.2, -0.15) is 0 Å². The number of carbonyl (C=O) groups is 6. The molecule has 0 spiro atoms.